The number of hydrogen-bond donors (Lipinski definition) is 3. The molecule has 0 unspecified atom stereocenters. The van der Waals surface area contributed by atoms with Crippen molar-refractivity contribution in [2.75, 3.05) is 11.9 Å². The lowest BCUT2D eigenvalue weighted by molar-refractivity contribution is -0.116. The van der Waals surface area contributed by atoms with Gasteiger partial charge in [0.2, 0.25) is 11.8 Å². The maximum Gasteiger partial charge on any atom is 0.224 e. The number of amides is 1. The number of anilines is 1. The third kappa shape index (κ3) is 7.60. The monoisotopic (exact) mass is 399 g/mol. The first-order valence-corrected chi connectivity index (χ1v) is 10.2. The van der Waals surface area contributed by atoms with Gasteiger partial charge in [-0.05, 0) is 31.0 Å². The van der Waals surface area contributed by atoms with Crippen molar-refractivity contribution >= 4 is 17.6 Å². The number of nitrogens with zero attached hydrogens (tertiary/aromatic N) is 2. The summed E-state index contributed by atoms with van der Waals surface area (Å²) in [5.74, 6) is 2.23. The normalized spacial score (nSPS) is 12.0. The molecule has 3 N–H and O–H groups in total. The number of guanidine groups is 1. The predicted molar refractivity (Wildman–Crippen MR) is 117 cm³/mol. The van der Waals surface area contributed by atoms with E-state index in [9.17, 15) is 4.79 Å². The molecule has 0 bridgehead atoms. The van der Waals surface area contributed by atoms with Crippen molar-refractivity contribution in [2.24, 2.45) is 4.99 Å². The Morgan fingerprint density at radius 3 is 2.45 bits per heavy atom. The van der Waals surface area contributed by atoms with E-state index in [1.165, 1.54) is 0 Å². The first kappa shape index (κ1) is 22.5. The quantitative estimate of drug-likeness (QED) is 0.461. The molecule has 1 amide bonds. The van der Waals surface area contributed by atoms with E-state index in [-0.39, 0.29) is 11.3 Å². The zero-order chi connectivity index (χ0) is 21.3. The Bertz CT molecular complexity index is 803. The first-order chi connectivity index (χ1) is 13.8. The van der Waals surface area contributed by atoms with Crippen molar-refractivity contribution in [3.8, 4) is 0 Å². The molecule has 0 saturated heterocycles. The lowest BCUT2D eigenvalue weighted by Crippen LogP contribution is -2.36. The fourth-order valence-corrected chi connectivity index (χ4v) is 2.55. The molecule has 0 aliphatic carbocycles. The van der Waals surface area contributed by atoms with Crippen LogP contribution in [0.5, 0.6) is 0 Å². The summed E-state index contributed by atoms with van der Waals surface area (Å²) in [6, 6.07) is 7.75. The highest BCUT2D eigenvalue weighted by molar-refractivity contribution is 5.90. The Kier molecular flexibility index (Phi) is 8.24. The molecule has 0 atom stereocenters. The Labute approximate surface area is 173 Å². The molecule has 0 saturated carbocycles. The third-order valence-corrected chi connectivity index (χ3v) is 4.18. The summed E-state index contributed by atoms with van der Waals surface area (Å²) < 4.78 is 5.81. The molecule has 0 aliphatic heterocycles. The van der Waals surface area contributed by atoms with E-state index >= 15 is 0 Å². The number of benzene rings is 1. The summed E-state index contributed by atoms with van der Waals surface area (Å²) in [4.78, 5) is 20.6. The second kappa shape index (κ2) is 10.6. The molecule has 1 aromatic carbocycles. The van der Waals surface area contributed by atoms with E-state index in [1.807, 2.05) is 38.1 Å². The van der Waals surface area contributed by atoms with E-state index in [2.05, 4.69) is 46.7 Å². The van der Waals surface area contributed by atoms with Gasteiger partial charge in [-0.2, -0.15) is 0 Å². The van der Waals surface area contributed by atoms with Crippen molar-refractivity contribution in [3.05, 3.63) is 47.7 Å². The Hall–Kier alpha value is -2.83. The summed E-state index contributed by atoms with van der Waals surface area (Å²) >= 11 is 0. The molecule has 158 valence electrons. The van der Waals surface area contributed by atoms with Gasteiger partial charge in [-0.25, -0.2) is 9.98 Å². The van der Waals surface area contributed by atoms with E-state index in [4.69, 9.17) is 4.42 Å². The van der Waals surface area contributed by atoms with Gasteiger partial charge in [-0.3, -0.25) is 4.79 Å². The highest BCUT2D eigenvalue weighted by Gasteiger charge is 2.19. The SMILES string of the molecule is CCCC(=O)Nc1ccc(CN=C(NCC)NCc2ncc(C(C)(C)C)o2)cc1. The second-order valence-electron chi connectivity index (χ2n) is 7.91. The molecule has 0 radical (unpaired) electrons. The van der Waals surface area contributed by atoms with Crippen LogP contribution in [0.4, 0.5) is 5.69 Å². The van der Waals surface area contributed by atoms with Crippen LogP contribution in [-0.4, -0.2) is 23.4 Å². The van der Waals surface area contributed by atoms with Crippen LogP contribution >= 0.6 is 0 Å². The minimum atomic E-state index is -0.0635. The van der Waals surface area contributed by atoms with Crippen LogP contribution in [0.1, 0.15) is 64.7 Å². The zero-order valence-corrected chi connectivity index (χ0v) is 18.1. The molecule has 7 nitrogen and oxygen atoms in total. The van der Waals surface area contributed by atoms with Gasteiger partial charge in [0.15, 0.2) is 5.96 Å². The van der Waals surface area contributed by atoms with E-state index in [1.54, 1.807) is 6.20 Å². The lowest BCUT2D eigenvalue weighted by atomic mass is 9.94. The molecule has 29 heavy (non-hydrogen) atoms. The summed E-state index contributed by atoms with van der Waals surface area (Å²) in [6.07, 6.45) is 3.15. The smallest absolute Gasteiger partial charge is 0.224 e. The van der Waals surface area contributed by atoms with Crippen LogP contribution in [0.3, 0.4) is 0 Å². The maximum atomic E-state index is 11.7. The Morgan fingerprint density at radius 2 is 1.86 bits per heavy atom. The number of rotatable bonds is 8. The van der Waals surface area contributed by atoms with Gasteiger partial charge in [0.25, 0.3) is 0 Å². The van der Waals surface area contributed by atoms with Gasteiger partial charge < -0.3 is 20.4 Å². The second-order valence-corrected chi connectivity index (χ2v) is 7.91. The predicted octanol–water partition coefficient (Wildman–Crippen LogP) is 3.97. The van der Waals surface area contributed by atoms with E-state index < -0.39 is 0 Å². The molecule has 0 aliphatic rings. The van der Waals surface area contributed by atoms with Crippen molar-refractivity contribution in [3.63, 3.8) is 0 Å². The number of oxazole rings is 1. The number of hydrogen-bond acceptors (Lipinski definition) is 4. The molecule has 7 heteroatoms. The van der Waals surface area contributed by atoms with E-state index in [0.717, 1.165) is 30.0 Å². The van der Waals surface area contributed by atoms with Gasteiger partial charge in [0.05, 0.1) is 19.3 Å². The fourth-order valence-electron chi connectivity index (χ4n) is 2.55. The van der Waals surface area contributed by atoms with Gasteiger partial charge in [0.1, 0.15) is 5.76 Å². The molecule has 2 rings (SSSR count). The Morgan fingerprint density at radius 1 is 1.14 bits per heavy atom. The molecular formula is C22H33N5O2. The van der Waals surface area contributed by atoms with Crippen LogP contribution < -0.4 is 16.0 Å². The molecular weight excluding hydrogens is 366 g/mol. The van der Waals surface area contributed by atoms with Gasteiger partial charge >= 0.3 is 0 Å². The van der Waals surface area contributed by atoms with Crippen molar-refractivity contribution in [1.82, 2.24) is 15.6 Å². The summed E-state index contributed by atoms with van der Waals surface area (Å²) in [7, 11) is 0. The van der Waals surface area contributed by atoms with Crippen molar-refractivity contribution in [1.29, 1.82) is 0 Å². The summed E-state index contributed by atoms with van der Waals surface area (Å²) in [5, 5.41) is 9.36. The third-order valence-electron chi connectivity index (χ3n) is 4.18. The van der Waals surface area contributed by atoms with Crippen LogP contribution in [0, 0.1) is 0 Å². The first-order valence-electron chi connectivity index (χ1n) is 10.2. The number of aliphatic imine (C=N–C) groups is 1. The highest BCUT2D eigenvalue weighted by atomic mass is 16.4. The number of nitrogens with one attached hydrogen (secondary N) is 3. The van der Waals surface area contributed by atoms with Gasteiger partial charge in [-0.15, -0.1) is 0 Å². The number of carbonyl (C=O) groups is 1. The average Bonchev–Trinajstić information content (AvgIpc) is 3.15. The van der Waals surface area contributed by atoms with Crippen LogP contribution in [0.25, 0.3) is 0 Å². The van der Waals surface area contributed by atoms with Gasteiger partial charge in [-0.1, -0.05) is 39.8 Å². The van der Waals surface area contributed by atoms with Crippen LogP contribution in [0.2, 0.25) is 0 Å². The highest BCUT2D eigenvalue weighted by Crippen LogP contribution is 2.22. The number of carbonyl (C=O) groups excluding carboxylic acids is 1. The standard InChI is InChI=1S/C22H33N5O2/c1-6-8-19(28)27-17-11-9-16(10-12-17)13-25-21(23-7-2)26-15-20-24-14-18(29-20)22(3,4)5/h9-12,14H,6-8,13,15H2,1-5H3,(H,27,28)(H2,23,25,26). The summed E-state index contributed by atoms with van der Waals surface area (Å²) in [5.41, 5.74) is 1.80. The molecule has 0 spiro atoms. The molecule has 1 aromatic heterocycles. The molecule has 0 fully saturated rings. The van der Waals surface area contributed by atoms with Crippen molar-refractivity contribution < 1.29 is 9.21 Å². The average molecular weight is 400 g/mol. The number of aromatic nitrogens is 1. The molecule has 2 aromatic rings. The largest absolute Gasteiger partial charge is 0.443 e. The fraction of sp³-hybridized carbons (Fsp3) is 0.500. The van der Waals surface area contributed by atoms with Crippen molar-refractivity contribution in [2.45, 2.75) is 66.0 Å². The Balaban J connectivity index is 1.92. The summed E-state index contributed by atoms with van der Waals surface area (Å²) in [6.45, 7) is 12.0. The minimum Gasteiger partial charge on any atom is -0.443 e. The molecule has 1 heterocycles. The van der Waals surface area contributed by atoms with Gasteiger partial charge in [0, 0.05) is 24.1 Å². The minimum absolute atomic E-state index is 0.0399. The maximum absolute atomic E-state index is 11.7. The topological polar surface area (TPSA) is 91.5 Å². The zero-order valence-electron chi connectivity index (χ0n) is 18.1. The van der Waals surface area contributed by atoms with Crippen LogP contribution in [0.15, 0.2) is 39.9 Å². The lowest BCUT2D eigenvalue weighted by Gasteiger charge is -2.13. The van der Waals surface area contributed by atoms with E-state index in [0.29, 0.717) is 31.4 Å². The van der Waals surface area contributed by atoms with Crippen LogP contribution in [-0.2, 0) is 23.3 Å².